The number of ether oxygens (including phenoxy) is 3. The number of benzene rings is 2. The van der Waals surface area contributed by atoms with Gasteiger partial charge in [0.15, 0.2) is 11.5 Å². The minimum absolute atomic E-state index is 0.104. The molecule has 0 bridgehead atoms. The van der Waals surface area contributed by atoms with Gasteiger partial charge < -0.3 is 19.1 Å². The summed E-state index contributed by atoms with van der Waals surface area (Å²) >= 11 is 0. The fourth-order valence-electron chi connectivity index (χ4n) is 3.97. The lowest BCUT2D eigenvalue weighted by atomic mass is 9.94. The average Bonchev–Trinajstić information content (AvgIpc) is 3.18. The van der Waals surface area contributed by atoms with E-state index in [2.05, 4.69) is 10.2 Å². The number of aromatic amines is 2. The van der Waals surface area contributed by atoms with Crippen molar-refractivity contribution in [3.05, 3.63) is 68.4 Å². The van der Waals surface area contributed by atoms with Crippen LogP contribution in [0.25, 0.3) is 11.6 Å². The zero-order valence-corrected chi connectivity index (χ0v) is 18.6. The molecule has 170 valence electrons. The van der Waals surface area contributed by atoms with E-state index >= 15 is 0 Å². The molecule has 1 aliphatic rings. The minimum atomic E-state index is -0.478. The SMILES string of the molecule is CCN1C(=O)C(=c2[nH][nH]c(=O)c2=Cc2cc(OC)c(OC)c(OC)c2)C(=O)c2ccccc21. The fourth-order valence-corrected chi connectivity index (χ4v) is 3.97. The monoisotopic (exact) mass is 449 g/mol. The number of anilines is 1. The van der Waals surface area contributed by atoms with Crippen LogP contribution in [0.15, 0.2) is 41.2 Å². The summed E-state index contributed by atoms with van der Waals surface area (Å²) in [6.07, 6.45) is 1.56. The molecule has 4 rings (SSSR count). The Labute approximate surface area is 188 Å². The molecule has 0 aliphatic carbocycles. The molecule has 1 amide bonds. The third kappa shape index (κ3) is 3.57. The number of hydrogen-bond acceptors (Lipinski definition) is 6. The largest absolute Gasteiger partial charge is 0.493 e. The van der Waals surface area contributed by atoms with Crippen LogP contribution in [0.1, 0.15) is 22.8 Å². The highest BCUT2D eigenvalue weighted by Crippen LogP contribution is 2.38. The number of nitrogens with one attached hydrogen (secondary N) is 2. The summed E-state index contributed by atoms with van der Waals surface area (Å²) in [6.45, 7) is 2.19. The number of hydrogen-bond donors (Lipinski definition) is 2. The number of fused-ring (bicyclic) bond motifs is 1. The van der Waals surface area contributed by atoms with Gasteiger partial charge in [0.05, 0.1) is 37.6 Å². The predicted molar refractivity (Wildman–Crippen MR) is 123 cm³/mol. The van der Waals surface area contributed by atoms with Gasteiger partial charge in [-0.3, -0.25) is 24.6 Å². The Morgan fingerprint density at radius 1 is 0.939 bits per heavy atom. The normalized spacial score (nSPS) is 15.5. The molecule has 33 heavy (non-hydrogen) atoms. The van der Waals surface area contributed by atoms with Gasteiger partial charge in [-0.15, -0.1) is 0 Å². The third-order valence-electron chi connectivity index (χ3n) is 5.50. The van der Waals surface area contributed by atoms with E-state index in [-0.39, 0.29) is 16.1 Å². The van der Waals surface area contributed by atoms with E-state index in [9.17, 15) is 14.4 Å². The van der Waals surface area contributed by atoms with E-state index in [1.807, 2.05) is 6.92 Å². The van der Waals surface area contributed by atoms with Crippen LogP contribution < -0.4 is 35.2 Å². The number of nitrogens with zero attached hydrogens (tertiary/aromatic N) is 1. The minimum Gasteiger partial charge on any atom is -0.493 e. The van der Waals surface area contributed by atoms with E-state index in [1.165, 1.54) is 26.2 Å². The number of para-hydroxylation sites is 1. The van der Waals surface area contributed by atoms with Crippen LogP contribution in [0, 0.1) is 0 Å². The van der Waals surface area contributed by atoms with E-state index < -0.39 is 17.2 Å². The first-order valence-electron chi connectivity index (χ1n) is 10.2. The van der Waals surface area contributed by atoms with Crippen molar-refractivity contribution < 1.29 is 23.8 Å². The topological polar surface area (TPSA) is 114 Å². The van der Waals surface area contributed by atoms with E-state index in [4.69, 9.17) is 14.2 Å². The number of carbonyl (C=O) groups is 2. The van der Waals surface area contributed by atoms with Crippen molar-refractivity contribution in [1.29, 1.82) is 0 Å². The predicted octanol–water partition coefficient (Wildman–Crippen LogP) is 0.958. The maximum Gasteiger partial charge on any atom is 0.271 e. The molecular weight excluding hydrogens is 426 g/mol. The molecule has 0 saturated heterocycles. The van der Waals surface area contributed by atoms with Crippen LogP contribution in [0.3, 0.4) is 0 Å². The number of aromatic nitrogens is 2. The summed E-state index contributed by atoms with van der Waals surface area (Å²) in [7, 11) is 4.47. The van der Waals surface area contributed by atoms with Gasteiger partial charge in [-0.2, -0.15) is 0 Å². The lowest BCUT2D eigenvalue weighted by Gasteiger charge is -2.28. The number of rotatable bonds is 5. The van der Waals surface area contributed by atoms with Crippen molar-refractivity contribution in [2.75, 3.05) is 32.8 Å². The Morgan fingerprint density at radius 2 is 1.61 bits per heavy atom. The zero-order valence-electron chi connectivity index (χ0n) is 18.6. The smallest absolute Gasteiger partial charge is 0.271 e. The van der Waals surface area contributed by atoms with Crippen molar-refractivity contribution in [3.63, 3.8) is 0 Å². The summed E-state index contributed by atoms with van der Waals surface area (Å²) in [5.74, 6) is 0.286. The number of Topliss-reactive ketones (excluding diaryl/α,β-unsaturated/α-hetero) is 1. The van der Waals surface area contributed by atoms with Crippen LogP contribution in [-0.4, -0.2) is 49.8 Å². The second-order valence-corrected chi connectivity index (χ2v) is 7.24. The highest BCUT2D eigenvalue weighted by molar-refractivity contribution is 6.51. The maximum atomic E-state index is 13.3. The first kappa shape index (κ1) is 21.9. The summed E-state index contributed by atoms with van der Waals surface area (Å²) in [5, 5.41) is 5.47. The lowest BCUT2D eigenvalue weighted by Crippen LogP contribution is -2.45. The molecule has 0 atom stereocenters. The van der Waals surface area contributed by atoms with Gasteiger partial charge in [0.25, 0.3) is 11.5 Å². The Bertz CT molecular complexity index is 1410. The standard InChI is InChI=1S/C24H23N3O6/c1-5-27-16-9-7-6-8-14(16)21(28)19(24(27)30)20-15(23(29)26-25-20)10-13-11-17(31-2)22(33-4)18(12-13)32-3/h6-12,25H,5H2,1-4H3,(H,26,29). The lowest BCUT2D eigenvalue weighted by molar-refractivity contribution is -0.113. The Balaban J connectivity index is 2.02. The second kappa shape index (κ2) is 8.70. The van der Waals surface area contributed by atoms with Crippen LogP contribution in [0.4, 0.5) is 5.69 Å². The van der Waals surface area contributed by atoms with Gasteiger partial charge >= 0.3 is 0 Å². The summed E-state index contributed by atoms with van der Waals surface area (Å²) in [5.41, 5.74) is 0.919. The molecule has 9 heteroatoms. The molecule has 2 N–H and O–H groups in total. The Kier molecular flexibility index (Phi) is 5.78. The number of methoxy groups -OCH3 is 3. The van der Waals surface area contributed by atoms with Gasteiger partial charge in [-0.25, -0.2) is 0 Å². The number of carbonyl (C=O) groups excluding carboxylic acids is 2. The van der Waals surface area contributed by atoms with E-state index in [0.29, 0.717) is 40.6 Å². The van der Waals surface area contributed by atoms with Crippen LogP contribution >= 0.6 is 0 Å². The molecule has 1 aliphatic heterocycles. The molecule has 2 heterocycles. The van der Waals surface area contributed by atoms with Crippen LogP contribution in [0.2, 0.25) is 0 Å². The number of H-pyrrole nitrogens is 2. The van der Waals surface area contributed by atoms with Crippen molar-refractivity contribution in [1.82, 2.24) is 10.2 Å². The van der Waals surface area contributed by atoms with Crippen molar-refractivity contribution in [3.8, 4) is 17.2 Å². The molecule has 0 unspecified atom stereocenters. The van der Waals surface area contributed by atoms with Gasteiger partial charge in [0.1, 0.15) is 5.57 Å². The number of amides is 1. The molecule has 0 radical (unpaired) electrons. The van der Waals surface area contributed by atoms with Crippen LogP contribution in [0.5, 0.6) is 17.2 Å². The molecule has 0 saturated carbocycles. The molecule has 1 aromatic heterocycles. The van der Waals surface area contributed by atoms with Gasteiger partial charge in [0.2, 0.25) is 11.5 Å². The summed E-state index contributed by atoms with van der Waals surface area (Å²) in [6, 6.07) is 10.2. The van der Waals surface area contributed by atoms with Gasteiger partial charge in [-0.05, 0) is 42.8 Å². The summed E-state index contributed by atoms with van der Waals surface area (Å²) < 4.78 is 16.1. The van der Waals surface area contributed by atoms with E-state index in [0.717, 1.165) is 0 Å². The Morgan fingerprint density at radius 3 is 2.21 bits per heavy atom. The highest BCUT2D eigenvalue weighted by atomic mass is 16.5. The van der Waals surface area contributed by atoms with Crippen molar-refractivity contribution >= 4 is 29.0 Å². The maximum absolute atomic E-state index is 13.3. The quantitative estimate of drug-likeness (QED) is 0.600. The third-order valence-corrected chi connectivity index (χ3v) is 5.50. The molecule has 3 aromatic rings. The van der Waals surface area contributed by atoms with Gasteiger partial charge in [-0.1, -0.05) is 12.1 Å². The molecule has 0 spiro atoms. The first-order chi connectivity index (χ1) is 15.9. The zero-order chi connectivity index (χ0) is 23.7. The Hall–Kier alpha value is -4.27. The highest BCUT2D eigenvalue weighted by Gasteiger charge is 2.35. The second-order valence-electron chi connectivity index (χ2n) is 7.24. The van der Waals surface area contributed by atoms with E-state index in [1.54, 1.807) is 42.5 Å². The number of ketones is 1. The first-order valence-corrected chi connectivity index (χ1v) is 10.2. The fraction of sp³-hybridized carbons (Fsp3) is 0.208. The summed E-state index contributed by atoms with van der Waals surface area (Å²) in [4.78, 5) is 40.8. The average molecular weight is 449 g/mol. The van der Waals surface area contributed by atoms with Crippen LogP contribution in [-0.2, 0) is 4.79 Å². The van der Waals surface area contributed by atoms with Gasteiger partial charge in [0, 0.05) is 12.1 Å². The molecule has 2 aromatic carbocycles. The van der Waals surface area contributed by atoms with Crippen molar-refractivity contribution in [2.45, 2.75) is 6.92 Å². The molecule has 0 fully saturated rings. The van der Waals surface area contributed by atoms with Crippen molar-refractivity contribution in [2.24, 2.45) is 0 Å². The molecular formula is C24H23N3O6. The molecule has 9 nitrogen and oxygen atoms in total.